The molecule has 0 radical (unpaired) electrons. The summed E-state index contributed by atoms with van der Waals surface area (Å²) in [6, 6.07) is 12.4. The van der Waals surface area contributed by atoms with Gasteiger partial charge in [-0.3, -0.25) is 14.4 Å². The molecule has 2 saturated heterocycles. The number of halogens is 1. The molecule has 228 valence electrons. The predicted octanol–water partition coefficient (Wildman–Crippen LogP) is 3.49. The normalized spacial score (nSPS) is 19.8. The number of nitrogens with zero attached hydrogens (tertiary/aromatic N) is 2. The molecule has 10 nitrogen and oxygen atoms in total. The number of carbonyl (C=O) groups is 2. The molecular formula is C33H35FN6O4. The van der Waals surface area contributed by atoms with Gasteiger partial charge in [0.25, 0.3) is 5.91 Å². The maximum atomic E-state index is 15.9. The van der Waals surface area contributed by atoms with E-state index in [0.717, 1.165) is 42.8 Å². The quantitative estimate of drug-likeness (QED) is 0.237. The Balaban J connectivity index is 1.31. The summed E-state index contributed by atoms with van der Waals surface area (Å²) in [6.07, 6.45) is 5.70. The van der Waals surface area contributed by atoms with Crippen molar-refractivity contribution in [3.8, 4) is 17.2 Å². The second kappa shape index (κ2) is 11.6. The van der Waals surface area contributed by atoms with Crippen LogP contribution in [-0.2, 0) is 4.79 Å². The molecule has 4 heterocycles. The number of aromatic nitrogens is 1. The van der Waals surface area contributed by atoms with Gasteiger partial charge in [0.05, 0.1) is 17.1 Å². The Kier molecular flexibility index (Phi) is 7.53. The highest BCUT2D eigenvalue weighted by Crippen LogP contribution is 2.46. The molecular weight excluding hydrogens is 563 g/mol. The van der Waals surface area contributed by atoms with E-state index in [2.05, 4.69) is 33.2 Å². The first-order valence-corrected chi connectivity index (χ1v) is 15.3. The number of fused-ring (bicyclic) bond motifs is 3. The monoisotopic (exact) mass is 598 g/mol. The van der Waals surface area contributed by atoms with Gasteiger partial charge in [-0.15, -0.1) is 0 Å². The number of anilines is 1. The van der Waals surface area contributed by atoms with Gasteiger partial charge in [0.15, 0.2) is 17.3 Å². The molecule has 2 atom stereocenters. The third kappa shape index (κ3) is 5.10. The zero-order valence-corrected chi connectivity index (χ0v) is 24.5. The van der Waals surface area contributed by atoms with Gasteiger partial charge in [-0.1, -0.05) is 30.7 Å². The molecule has 11 heteroatoms. The number of pyridine rings is 1. The zero-order valence-electron chi connectivity index (χ0n) is 24.5. The predicted molar refractivity (Wildman–Crippen MR) is 168 cm³/mol. The van der Waals surface area contributed by atoms with Crippen molar-refractivity contribution in [1.29, 1.82) is 0 Å². The van der Waals surface area contributed by atoms with Crippen molar-refractivity contribution in [3.05, 3.63) is 70.3 Å². The molecule has 0 saturated carbocycles. The Hall–Kier alpha value is -4.32. The van der Waals surface area contributed by atoms with Gasteiger partial charge in [0.2, 0.25) is 11.3 Å². The molecule has 4 N–H and O–H groups in total. The first-order chi connectivity index (χ1) is 21.4. The summed E-state index contributed by atoms with van der Waals surface area (Å²) < 4.78 is 23.9. The fourth-order valence-corrected chi connectivity index (χ4v) is 6.59. The summed E-state index contributed by atoms with van der Waals surface area (Å²) in [6.45, 7) is 3.18. The van der Waals surface area contributed by atoms with Crippen molar-refractivity contribution < 1.29 is 18.7 Å². The van der Waals surface area contributed by atoms with Crippen molar-refractivity contribution in [3.63, 3.8) is 0 Å². The molecule has 2 amide bonds. The van der Waals surface area contributed by atoms with Crippen molar-refractivity contribution >= 4 is 39.2 Å². The SMILES string of the molecule is CN1CCCCC1CCNC(=O)c1cn2c3c(c(NC(=O)C4CNCCN4)c(F)cc3c1=O)Oc1cc3ccccc3cc1-2. The first-order valence-electron chi connectivity index (χ1n) is 15.3. The maximum absolute atomic E-state index is 15.9. The van der Waals surface area contributed by atoms with Crippen molar-refractivity contribution in [2.75, 3.05) is 45.1 Å². The van der Waals surface area contributed by atoms with Crippen LogP contribution in [0.2, 0.25) is 0 Å². The lowest BCUT2D eigenvalue weighted by atomic mass is 10.00. The van der Waals surface area contributed by atoms with Gasteiger partial charge in [0.1, 0.15) is 16.8 Å². The van der Waals surface area contributed by atoms with Crippen LogP contribution in [0.1, 0.15) is 36.0 Å². The number of rotatable bonds is 6. The van der Waals surface area contributed by atoms with E-state index in [-0.39, 0.29) is 27.9 Å². The fraction of sp³-hybridized carbons (Fsp3) is 0.364. The van der Waals surface area contributed by atoms with Gasteiger partial charge >= 0.3 is 0 Å². The van der Waals surface area contributed by atoms with Crippen LogP contribution in [0.5, 0.6) is 11.5 Å². The molecule has 2 fully saturated rings. The standard InChI is InChI=1S/C33H35FN6O4/c1-39-13-5-4-8-21(39)9-10-37-32(42)23-18-40-26-14-19-6-2-3-7-20(19)15-27(26)44-31-28(24(34)16-22(29(31)40)30(23)41)38-33(43)25-17-35-11-12-36-25/h2-3,6-7,14-16,18,21,25,35-36H,4-5,8-13,17H2,1H3,(H,37,42)(H,38,43). The molecule has 2 unspecified atom stereocenters. The average Bonchev–Trinajstić information content (AvgIpc) is 3.04. The number of benzene rings is 3. The molecule has 0 bridgehead atoms. The summed E-state index contributed by atoms with van der Waals surface area (Å²) in [5.41, 5.74) is 0.0315. The minimum Gasteiger partial charge on any atom is -0.451 e. The van der Waals surface area contributed by atoms with Gasteiger partial charge in [0, 0.05) is 38.4 Å². The highest BCUT2D eigenvalue weighted by atomic mass is 19.1. The number of carbonyl (C=O) groups excluding carboxylic acids is 2. The molecule has 0 aliphatic carbocycles. The minimum absolute atomic E-state index is 0.00794. The molecule has 3 aliphatic heterocycles. The van der Waals surface area contributed by atoms with Gasteiger partial charge < -0.3 is 35.5 Å². The molecule has 1 aromatic heterocycles. The topological polar surface area (TPSA) is 117 Å². The van der Waals surface area contributed by atoms with Crippen LogP contribution in [0.25, 0.3) is 27.4 Å². The molecule has 3 aliphatic rings. The van der Waals surface area contributed by atoms with Gasteiger partial charge in [-0.25, -0.2) is 4.39 Å². The van der Waals surface area contributed by atoms with E-state index in [1.807, 2.05) is 36.4 Å². The Morgan fingerprint density at radius 1 is 1.11 bits per heavy atom. The van der Waals surface area contributed by atoms with Crippen LogP contribution in [-0.4, -0.2) is 73.1 Å². The Morgan fingerprint density at radius 3 is 2.70 bits per heavy atom. The number of hydrogen-bond donors (Lipinski definition) is 4. The lowest BCUT2D eigenvalue weighted by Crippen LogP contribution is -2.54. The third-order valence-corrected chi connectivity index (χ3v) is 9.03. The molecule has 4 aromatic rings. The maximum Gasteiger partial charge on any atom is 0.256 e. The smallest absolute Gasteiger partial charge is 0.256 e. The van der Waals surface area contributed by atoms with E-state index in [4.69, 9.17) is 4.74 Å². The molecule has 7 rings (SSSR count). The lowest BCUT2D eigenvalue weighted by molar-refractivity contribution is -0.118. The van der Waals surface area contributed by atoms with E-state index in [1.165, 1.54) is 19.0 Å². The summed E-state index contributed by atoms with van der Waals surface area (Å²) in [7, 11) is 2.10. The van der Waals surface area contributed by atoms with Crippen LogP contribution in [0.15, 0.2) is 53.5 Å². The van der Waals surface area contributed by atoms with Crippen molar-refractivity contribution in [2.24, 2.45) is 0 Å². The van der Waals surface area contributed by atoms with Gasteiger partial charge in [-0.2, -0.15) is 0 Å². The van der Waals surface area contributed by atoms with E-state index in [9.17, 15) is 14.4 Å². The first kappa shape index (κ1) is 28.5. The van der Waals surface area contributed by atoms with Crippen molar-refractivity contribution in [1.82, 2.24) is 25.4 Å². The van der Waals surface area contributed by atoms with Crippen LogP contribution < -0.4 is 31.4 Å². The number of piperazine rings is 1. The highest BCUT2D eigenvalue weighted by Gasteiger charge is 2.31. The second-order valence-electron chi connectivity index (χ2n) is 11.8. The summed E-state index contributed by atoms with van der Waals surface area (Å²) >= 11 is 0. The van der Waals surface area contributed by atoms with E-state index >= 15 is 4.39 Å². The zero-order chi connectivity index (χ0) is 30.4. The molecule has 3 aromatic carbocycles. The Morgan fingerprint density at radius 2 is 1.93 bits per heavy atom. The second-order valence-corrected chi connectivity index (χ2v) is 11.8. The Bertz CT molecular complexity index is 1850. The summed E-state index contributed by atoms with van der Waals surface area (Å²) in [4.78, 5) is 42.7. The molecule has 0 spiro atoms. The minimum atomic E-state index is -0.824. The van der Waals surface area contributed by atoms with Crippen LogP contribution >= 0.6 is 0 Å². The van der Waals surface area contributed by atoms with E-state index in [0.29, 0.717) is 37.1 Å². The largest absolute Gasteiger partial charge is 0.451 e. The number of amides is 2. The number of nitrogens with one attached hydrogen (secondary N) is 4. The Labute approximate surface area is 253 Å². The number of piperidine rings is 1. The third-order valence-electron chi connectivity index (χ3n) is 9.03. The highest BCUT2D eigenvalue weighted by molar-refractivity contribution is 6.05. The number of likely N-dealkylation sites (tertiary alicyclic amines) is 1. The van der Waals surface area contributed by atoms with Gasteiger partial charge in [-0.05, 0) is 61.8 Å². The summed E-state index contributed by atoms with van der Waals surface area (Å²) in [5, 5.41) is 13.7. The van der Waals surface area contributed by atoms with E-state index in [1.54, 1.807) is 4.57 Å². The fourth-order valence-electron chi connectivity index (χ4n) is 6.59. The summed E-state index contributed by atoms with van der Waals surface area (Å²) in [5.74, 6) is -1.33. The number of hydrogen-bond acceptors (Lipinski definition) is 7. The van der Waals surface area contributed by atoms with E-state index < -0.39 is 29.1 Å². The number of ether oxygens (including phenoxy) is 1. The molecule has 44 heavy (non-hydrogen) atoms. The van der Waals surface area contributed by atoms with Crippen LogP contribution in [0.3, 0.4) is 0 Å². The van der Waals surface area contributed by atoms with Crippen molar-refractivity contribution in [2.45, 2.75) is 37.8 Å². The lowest BCUT2D eigenvalue weighted by Gasteiger charge is -2.32. The average molecular weight is 599 g/mol. The van der Waals surface area contributed by atoms with Crippen LogP contribution in [0.4, 0.5) is 10.1 Å². The van der Waals surface area contributed by atoms with Crippen LogP contribution in [0, 0.1) is 5.82 Å².